The summed E-state index contributed by atoms with van der Waals surface area (Å²) >= 11 is 0. The largest absolute Gasteiger partial charge is 0.529 e. The molecule has 0 bridgehead atoms. The minimum Gasteiger partial charge on any atom is -0.444 e. The van der Waals surface area contributed by atoms with Crippen LogP contribution in [-0.2, 0) is 4.74 Å². The number of carboxylic acid groups (broad SMARTS) is 1. The minimum atomic E-state index is -1.16. The number of benzene rings is 2. The van der Waals surface area contributed by atoms with Gasteiger partial charge in [-0.15, -0.1) is 4.48 Å². The molecule has 2 aromatic carbocycles. The highest BCUT2D eigenvalue weighted by Crippen LogP contribution is 2.32. The van der Waals surface area contributed by atoms with Crippen molar-refractivity contribution in [2.24, 2.45) is 4.99 Å². The Bertz CT molecular complexity index is 1410. The second-order valence-electron chi connectivity index (χ2n) is 9.88. The third-order valence-electron chi connectivity index (χ3n) is 5.93. The van der Waals surface area contributed by atoms with Gasteiger partial charge in [-0.3, -0.25) is 0 Å². The number of amides is 2. The first kappa shape index (κ1) is 27.3. The molecule has 0 radical (unpaired) electrons. The van der Waals surface area contributed by atoms with Crippen LogP contribution in [0.3, 0.4) is 0 Å². The number of carbonyl (C=O) groups is 3. The van der Waals surface area contributed by atoms with Gasteiger partial charge in [0.05, 0.1) is 23.9 Å². The highest BCUT2D eigenvalue weighted by molar-refractivity contribution is 6.11. The molecule has 0 saturated carbocycles. The molecule has 0 aliphatic carbocycles. The number of hydrogen-bond acceptors (Lipinski definition) is 7. The van der Waals surface area contributed by atoms with Crippen LogP contribution in [0, 0.1) is 0 Å². The van der Waals surface area contributed by atoms with Gasteiger partial charge in [-0.05, 0) is 63.2 Å². The Balaban J connectivity index is 1.44. The second-order valence-corrected chi connectivity index (χ2v) is 9.88. The molecule has 0 spiro atoms. The summed E-state index contributed by atoms with van der Waals surface area (Å²) in [6, 6.07) is 14.8. The Kier molecular flexibility index (Phi) is 7.63. The van der Waals surface area contributed by atoms with Crippen LogP contribution in [-0.4, -0.2) is 63.0 Å². The maximum absolute atomic E-state index is 12.7. The van der Waals surface area contributed by atoms with Gasteiger partial charge >= 0.3 is 18.2 Å². The molecule has 1 aliphatic rings. The van der Waals surface area contributed by atoms with Crippen molar-refractivity contribution in [2.45, 2.75) is 32.8 Å². The average Bonchev–Trinajstić information content (AvgIpc) is 3.58. The zero-order valence-electron chi connectivity index (χ0n) is 22.1. The Hall–Kier alpha value is -4.77. The lowest BCUT2D eigenvalue weighted by molar-refractivity contribution is 0.0302. The maximum atomic E-state index is 12.7. The SMILES string of the molecule is CN(CCC1=NC=C[N+]1(C(=O)O)c1ccc(OC(=O)c2ccc(-n3cccn3)cc2)cc1)C(=O)OC(C)(C)C. The molecule has 4 rings (SSSR count). The van der Waals surface area contributed by atoms with Gasteiger partial charge in [-0.1, -0.05) is 0 Å². The third kappa shape index (κ3) is 6.04. The zero-order chi connectivity index (χ0) is 28.2. The molecule has 2 amide bonds. The van der Waals surface area contributed by atoms with Crippen LogP contribution in [0.25, 0.3) is 5.69 Å². The Morgan fingerprint density at radius 3 is 2.33 bits per heavy atom. The lowest BCUT2D eigenvalue weighted by Crippen LogP contribution is -2.52. The lowest BCUT2D eigenvalue weighted by Gasteiger charge is -2.28. The van der Waals surface area contributed by atoms with Crippen molar-refractivity contribution in [1.82, 2.24) is 19.2 Å². The van der Waals surface area contributed by atoms with Crippen molar-refractivity contribution in [3.63, 3.8) is 0 Å². The van der Waals surface area contributed by atoms with Crippen LogP contribution in [0.5, 0.6) is 5.75 Å². The molecule has 3 aromatic rings. The first-order valence-electron chi connectivity index (χ1n) is 12.2. The highest BCUT2D eigenvalue weighted by Gasteiger charge is 2.46. The van der Waals surface area contributed by atoms with E-state index in [2.05, 4.69) is 10.1 Å². The molecule has 1 aliphatic heterocycles. The first-order chi connectivity index (χ1) is 18.5. The van der Waals surface area contributed by atoms with Crippen molar-refractivity contribution < 1.29 is 29.0 Å². The van der Waals surface area contributed by atoms with Crippen molar-refractivity contribution in [3.05, 3.63) is 85.0 Å². The predicted molar refractivity (Wildman–Crippen MR) is 145 cm³/mol. The minimum absolute atomic E-state index is 0.195. The van der Waals surface area contributed by atoms with Crippen LogP contribution >= 0.6 is 0 Å². The van der Waals surface area contributed by atoms with Gasteiger partial charge in [-0.2, -0.15) is 9.89 Å². The topological polar surface area (TPSA) is 123 Å². The number of hydrogen-bond donors (Lipinski definition) is 1. The predicted octanol–water partition coefficient (Wildman–Crippen LogP) is 5.22. The number of nitrogens with zero attached hydrogens (tertiary/aromatic N) is 5. The summed E-state index contributed by atoms with van der Waals surface area (Å²) in [6.45, 7) is 5.53. The first-order valence-corrected chi connectivity index (χ1v) is 12.2. The fourth-order valence-corrected chi connectivity index (χ4v) is 3.94. The van der Waals surface area contributed by atoms with Gasteiger partial charge in [0.25, 0.3) is 0 Å². The van der Waals surface area contributed by atoms with E-state index in [-0.39, 0.29) is 18.7 Å². The number of ether oxygens (including phenoxy) is 2. The molecule has 1 N–H and O–H groups in total. The van der Waals surface area contributed by atoms with Gasteiger partial charge in [0.15, 0.2) is 5.69 Å². The van der Waals surface area contributed by atoms with Crippen molar-refractivity contribution in [3.8, 4) is 11.4 Å². The summed E-state index contributed by atoms with van der Waals surface area (Å²) in [4.78, 5) is 43.1. The van der Waals surface area contributed by atoms with Gasteiger partial charge < -0.3 is 19.5 Å². The van der Waals surface area contributed by atoms with E-state index in [1.807, 2.05) is 0 Å². The molecule has 0 saturated heterocycles. The van der Waals surface area contributed by atoms with E-state index in [0.717, 1.165) is 5.69 Å². The summed E-state index contributed by atoms with van der Waals surface area (Å²) in [5.74, 6) is 0.0279. The number of rotatable bonds is 7. The fourth-order valence-electron chi connectivity index (χ4n) is 3.94. The monoisotopic (exact) mass is 532 g/mol. The molecule has 202 valence electrons. The molecule has 11 heteroatoms. The number of aromatic nitrogens is 2. The van der Waals surface area contributed by atoms with Crippen LogP contribution in [0.1, 0.15) is 37.6 Å². The summed E-state index contributed by atoms with van der Waals surface area (Å²) in [6.07, 6.45) is 4.86. The summed E-state index contributed by atoms with van der Waals surface area (Å²) in [5, 5.41) is 14.4. The Labute approximate surface area is 225 Å². The van der Waals surface area contributed by atoms with E-state index in [4.69, 9.17) is 9.47 Å². The van der Waals surface area contributed by atoms with E-state index in [0.29, 0.717) is 17.1 Å². The van der Waals surface area contributed by atoms with E-state index in [1.54, 1.807) is 87.4 Å². The third-order valence-corrected chi connectivity index (χ3v) is 5.93. The van der Waals surface area contributed by atoms with Crippen molar-refractivity contribution in [1.29, 1.82) is 0 Å². The maximum Gasteiger partial charge on any atom is 0.529 e. The molecular weight excluding hydrogens is 502 g/mol. The highest BCUT2D eigenvalue weighted by atomic mass is 16.6. The molecule has 39 heavy (non-hydrogen) atoms. The normalized spacial score (nSPS) is 16.5. The average molecular weight is 533 g/mol. The smallest absolute Gasteiger partial charge is 0.444 e. The van der Waals surface area contributed by atoms with E-state index in [9.17, 15) is 19.5 Å². The van der Waals surface area contributed by atoms with Gasteiger partial charge in [0.2, 0.25) is 5.84 Å². The second kappa shape index (κ2) is 10.9. The van der Waals surface area contributed by atoms with E-state index >= 15 is 0 Å². The zero-order valence-corrected chi connectivity index (χ0v) is 22.1. The quantitative estimate of drug-likeness (QED) is 0.251. The summed E-state index contributed by atoms with van der Waals surface area (Å²) < 4.78 is 11.9. The van der Waals surface area contributed by atoms with Gasteiger partial charge in [0.1, 0.15) is 17.6 Å². The number of esters is 1. The fraction of sp³-hybridized carbons (Fsp3) is 0.250. The molecule has 2 heterocycles. The number of carbonyl (C=O) groups excluding carboxylic acids is 2. The van der Waals surface area contributed by atoms with E-state index < -0.39 is 28.2 Å². The Morgan fingerprint density at radius 1 is 1.05 bits per heavy atom. The van der Waals surface area contributed by atoms with Crippen LogP contribution in [0.4, 0.5) is 15.3 Å². The van der Waals surface area contributed by atoms with Gasteiger partial charge in [0, 0.05) is 38.1 Å². The lowest BCUT2D eigenvalue weighted by atomic mass is 10.2. The van der Waals surface area contributed by atoms with Gasteiger partial charge in [-0.25, -0.2) is 19.3 Å². The molecule has 11 nitrogen and oxygen atoms in total. The van der Waals surface area contributed by atoms with Crippen molar-refractivity contribution in [2.75, 3.05) is 13.6 Å². The molecule has 1 unspecified atom stereocenters. The number of amidine groups is 1. The molecule has 0 fully saturated rings. The standard InChI is InChI=1S/C28H29N5O6/c1-28(2,3)39-26(35)31(4)18-14-24-29-16-19-33(24,27(36)37)22-10-12-23(13-11-22)38-25(34)20-6-8-21(9-7-20)32-17-5-15-30-32/h5-13,15-17,19H,14,18H2,1-4H3/p+1. The molecule has 1 aromatic heterocycles. The molecular formula is C28H30N5O6+. The number of quaternary nitrogens is 1. The van der Waals surface area contributed by atoms with Crippen LogP contribution in [0.15, 0.2) is 84.4 Å². The van der Waals surface area contributed by atoms with Crippen LogP contribution < -0.4 is 9.22 Å². The summed E-state index contributed by atoms with van der Waals surface area (Å²) in [5.41, 5.74) is 0.901. The summed E-state index contributed by atoms with van der Waals surface area (Å²) in [7, 11) is 1.58. The number of aliphatic imine (C=N–C) groups is 1. The van der Waals surface area contributed by atoms with Crippen molar-refractivity contribution >= 4 is 29.7 Å². The van der Waals surface area contributed by atoms with E-state index in [1.165, 1.54) is 29.4 Å². The Morgan fingerprint density at radius 2 is 1.74 bits per heavy atom. The molecule has 1 atom stereocenters. The van der Waals surface area contributed by atoms with Crippen LogP contribution in [0.2, 0.25) is 0 Å².